The van der Waals surface area contributed by atoms with Gasteiger partial charge in [-0.05, 0) is 6.92 Å². The Hall–Kier alpha value is -0.790. The van der Waals surface area contributed by atoms with Crippen LogP contribution in [0.15, 0.2) is 11.8 Å². The molecule has 46 valence electrons. The summed E-state index contributed by atoms with van der Waals surface area (Å²) >= 11 is 0. The minimum atomic E-state index is -0.00694. The fourth-order valence-corrected chi connectivity index (χ4v) is 0.351. The molecule has 0 aromatic heterocycles. The van der Waals surface area contributed by atoms with Gasteiger partial charge in [0.2, 0.25) is 0 Å². The van der Waals surface area contributed by atoms with E-state index in [2.05, 4.69) is 0 Å². The number of carbonyl (C=O) groups is 1. The maximum atomic E-state index is 10.5. The highest BCUT2D eigenvalue weighted by Crippen LogP contribution is 1.94. The minimum absolute atomic E-state index is 0.00694. The van der Waals surface area contributed by atoms with Crippen molar-refractivity contribution in [1.29, 1.82) is 0 Å². The van der Waals surface area contributed by atoms with Gasteiger partial charge >= 0.3 is 0 Å². The van der Waals surface area contributed by atoms with Crippen LogP contribution in [0.5, 0.6) is 0 Å². The fourth-order valence-electron chi connectivity index (χ4n) is 0.351. The Morgan fingerprint density at radius 3 is 2.38 bits per heavy atom. The molecule has 0 radical (unpaired) electrons. The third-order valence-electron chi connectivity index (χ3n) is 0.955. The second-order valence-electron chi connectivity index (χ2n) is 1.59. The number of ketones is 1. The average Bonchev–Trinajstić information content (AvgIpc) is 1.84. The molecule has 0 aliphatic rings. The number of hydrogen-bond acceptors (Lipinski definition) is 2. The molecule has 0 saturated heterocycles. The molecule has 0 rings (SSSR count). The Morgan fingerprint density at radius 2 is 2.25 bits per heavy atom. The average molecular weight is 114 g/mol. The summed E-state index contributed by atoms with van der Waals surface area (Å²) < 4.78 is 0. The number of aliphatic hydroxyl groups excluding tert-OH is 1. The molecule has 2 nitrogen and oxygen atoms in total. The van der Waals surface area contributed by atoms with Crippen LogP contribution in [0.2, 0.25) is 0 Å². The molecule has 2 heteroatoms. The SMILES string of the molecule is CCC(=O)/C(C)=C\O. The van der Waals surface area contributed by atoms with E-state index < -0.39 is 0 Å². The number of allylic oxidation sites excluding steroid dienone is 1. The molecule has 0 spiro atoms. The number of hydrogen-bond donors (Lipinski definition) is 1. The number of rotatable bonds is 2. The van der Waals surface area contributed by atoms with Crippen LogP contribution in [0, 0.1) is 0 Å². The zero-order valence-electron chi connectivity index (χ0n) is 5.14. The van der Waals surface area contributed by atoms with Crippen molar-refractivity contribution < 1.29 is 9.90 Å². The molecular weight excluding hydrogens is 104 g/mol. The van der Waals surface area contributed by atoms with E-state index in [9.17, 15) is 4.79 Å². The van der Waals surface area contributed by atoms with Crippen LogP contribution in [0.4, 0.5) is 0 Å². The normalized spacial score (nSPS) is 11.5. The van der Waals surface area contributed by atoms with Gasteiger partial charge in [0.1, 0.15) is 0 Å². The molecule has 0 aromatic carbocycles. The van der Waals surface area contributed by atoms with Crippen LogP contribution in [0.3, 0.4) is 0 Å². The van der Waals surface area contributed by atoms with Crippen LogP contribution in [-0.2, 0) is 4.79 Å². The summed E-state index contributed by atoms with van der Waals surface area (Å²) in [4.78, 5) is 10.5. The van der Waals surface area contributed by atoms with Gasteiger partial charge in [-0.1, -0.05) is 6.92 Å². The predicted molar refractivity (Wildman–Crippen MR) is 31.7 cm³/mol. The smallest absolute Gasteiger partial charge is 0.161 e. The van der Waals surface area contributed by atoms with Gasteiger partial charge in [-0.3, -0.25) is 4.79 Å². The van der Waals surface area contributed by atoms with Crippen LogP contribution in [0.1, 0.15) is 20.3 Å². The summed E-state index contributed by atoms with van der Waals surface area (Å²) in [6, 6.07) is 0. The molecule has 0 fully saturated rings. The molecule has 0 bridgehead atoms. The maximum absolute atomic E-state index is 10.5. The molecule has 8 heavy (non-hydrogen) atoms. The first-order valence-corrected chi connectivity index (χ1v) is 2.56. The molecule has 1 N–H and O–H groups in total. The van der Waals surface area contributed by atoms with Gasteiger partial charge in [-0.15, -0.1) is 0 Å². The van der Waals surface area contributed by atoms with Crippen molar-refractivity contribution >= 4 is 5.78 Å². The largest absolute Gasteiger partial charge is 0.515 e. The first-order valence-electron chi connectivity index (χ1n) is 2.56. The van der Waals surface area contributed by atoms with Gasteiger partial charge in [0.15, 0.2) is 5.78 Å². The molecule has 0 atom stereocenters. The summed E-state index contributed by atoms with van der Waals surface area (Å²) in [5, 5.41) is 8.25. The van der Waals surface area contributed by atoms with Crippen molar-refractivity contribution in [3.05, 3.63) is 11.8 Å². The molecular formula is C6H10O2. The molecule has 0 unspecified atom stereocenters. The number of carbonyl (C=O) groups excluding carboxylic acids is 1. The Morgan fingerprint density at radius 1 is 1.75 bits per heavy atom. The zero-order valence-corrected chi connectivity index (χ0v) is 5.14. The maximum Gasteiger partial charge on any atom is 0.161 e. The first-order chi connectivity index (χ1) is 3.72. The van der Waals surface area contributed by atoms with E-state index in [1.807, 2.05) is 0 Å². The van der Waals surface area contributed by atoms with Crippen molar-refractivity contribution in [2.75, 3.05) is 0 Å². The first kappa shape index (κ1) is 7.21. The van der Waals surface area contributed by atoms with Gasteiger partial charge in [0.25, 0.3) is 0 Å². The van der Waals surface area contributed by atoms with Crippen molar-refractivity contribution in [1.82, 2.24) is 0 Å². The third-order valence-corrected chi connectivity index (χ3v) is 0.955. The van der Waals surface area contributed by atoms with Crippen LogP contribution < -0.4 is 0 Å². The Balaban J connectivity index is 3.83. The molecule has 0 heterocycles. The molecule has 0 amide bonds. The van der Waals surface area contributed by atoms with Crippen molar-refractivity contribution in [3.63, 3.8) is 0 Å². The Bertz CT molecular complexity index is 114. The monoisotopic (exact) mass is 114 g/mol. The summed E-state index contributed by atoms with van der Waals surface area (Å²) in [5.41, 5.74) is 0.424. The molecule has 0 saturated carbocycles. The topological polar surface area (TPSA) is 37.3 Å². The standard InChI is InChI=1S/C6H10O2/c1-3-6(8)5(2)4-7/h4,7H,3H2,1-2H3/b5-4-. The lowest BCUT2D eigenvalue weighted by Gasteiger charge is -1.90. The Labute approximate surface area is 48.8 Å². The van der Waals surface area contributed by atoms with E-state index in [4.69, 9.17) is 5.11 Å². The fraction of sp³-hybridized carbons (Fsp3) is 0.500. The molecule has 0 aliphatic carbocycles. The lowest BCUT2D eigenvalue weighted by molar-refractivity contribution is -0.115. The lowest BCUT2D eigenvalue weighted by atomic mass is 10.2. The second kappa shape index (κ2) is 3.24. The third kappa shape index (κ3) is 1.78. The summed E-state index contributed by atoms with van der Waals surface area (Å²) in [6.45, 7) is 3.35. The van der Waals surface area contributed by atoms with Crippen LogP contribution in [-0.4, -0.2) is 10.9 Å². The highest BCUT2D eigenvalue weighted by Gasteiger charge is 1.97. The zero-order chi connectivity index (χ0) is 6.57. The van der Waals surface area contributed by atoms with Gasteiger partial charge in [-0.25, -0.2) is 0 Å². The van der Waals surface area contributed by atoms with E-state index in [-0.39, 0.29) is 5.78 Å². The van der Waals surface area contributed by atoms with Crippen molar-refractivity contribution in [2.45, 2.75) is 20.3 Å². The predicted octanol–water partition coefficient (Wildman–Crippen LogP) is 1.43. The summed E-state index contributed by atoms with van der Waals surface area (Å²) in [7, 11) is 0. The van der Waals surface area contributed by atoms with E-state index in [1.165, 1.54) is 0 Å². The Kier molecular flexibility index (Phi) is 2.92. The summed E-state index contributed by atoms with van der Waals surface area (Å²) in [6.07, 6.45) is 1.30. The molecule has 0 aliphatic heterocycles. The van der Waals surface area contributed by atoms with Crippen LogP contribution >= 0.6 is 0 Å². The lowest BCUT2D eigenvalue weighted by Crippen LogP contribution is -1.95. The van der Waals surface area contributed by atoms with Gasteiger partial charge in [0, 0.05) is 12.0 Å². The van der Waals surface area contributed by atoms with Gasteiger partial charge in [0.05, 0.1) is 6.26 Å². The number of aliphatic hydroxyl groups is 1. The quantitative estimate of drug-likeness (QED) is 0.435. The van der Waals surface area contributed by atoms with Crippen molar-refractivity contribution in [2.24, 2.45) is 0 Å². The van der Waals surface area contributed by atoms with Crippen molar-refractivity contribution in [3.8, 4) is 0 Å². The number of Topliss-reactive ketones (excluding diaryl/α,β-unsaturated/α-hetero) is 1. The van der Waals surface area contributed by atoms with Gasteiger partial charge in [-0.2, -0.15) is 0 Å². The van der Waals surface area contributed by atoms with Gasteiger partial charge < -0.3 is 5.11 Å². The van der Waals surface area contributed by atoms with E-state index >= 15 is 0 Å². The van der Waals surface area contributed by atoms with E-state index in [0.717, 1.165) is 6.26 Å². The van der Waals surface area contributed by atoms with E-state index in [1.54, 1.807) is 13.8 Å². The summed E-state index contributed by atoms with van der Waals surface area (Å²) in [5.74, 6) is -0.00694. The van der Waals surface area contributed by atoms with Crippen LogP contribution in [0.25, 0.3) is 0 Å². The highest BCUT2D eigenvalue weighted by molar-refractivity contribution is 5.94. The minimum Gasteiger partial charge on any atom is -0.515 e. The highest BCUT2D eigenvalue weighted by atomic mass is 16.2. The van der Waals surface area contributed by atoms with E-state index in [0.29, 0.717) is 12.0 Å². The molecule has 0 aromatic rings. The second-order valence-corrected chi connectivity index (χ2v) is 1.59.